The number of nitrogens with zero attached hydrogens (tertiary/aromatic N) is 1. The van der Waals surface area contributed by atoms with Crippen LogP contribution >= 0.6 is 0 Å². The third-order valence-electron chi connectivity index (χ3n) is 3.18. The standard InChI is InChI=1S/C13H18N2O2/c14-11(13(17)15-8-4-5-9-15)12(16)10-6-2-1-3-7-10/h1-3,6-7,11-12,16H,4-5,8-9,14H2/t11-,12?/m1/s1. The Morgan fingerprint density at radius 3 is 2.41 bits per heavy atom. The van der Waals surface area contributed by atoms with Crippen LogP contribution in [-0.2, 0) is 4.79 Å². The van der Waals surface area contributed by atoms with E-state index in [1.54, 1.807) is 17.0 Å². The predicted molar refractivity (Wildman–Crippen MR) is 65.2 cm³/mol. The van der Waals surface area contributed by atoms with Gasteiger partial charge in [0.2, 0.25) is 5.91 Å². The van der Waals surface area contributed by atoms with Crippen LogP contribution in [0.4, 0.5) is 0 Å². The maximum Gasteiger partial charge on any atom is 0.242 e. The Bertz CT molecular complexity index is 374. The molecule has 4 nitrogen and oxygen atoms in total. The SMILES string of the molecule is N[C@@H](C(=O)N1CCCC1)C(O)c1ccccc1. The smallest absolute Gasteiger partial charge is 0.242 e. The molecule has 1 aromatic carbocycles. The summed E-state index contributed by atoms with van der Waals surface area (Å²) in [6, 6.07) is 8.21. The van der Waals surface area contributed by atoms with Crippen LogP contribution in [0.3, 0.4) is 0 Å². The van der Waals surface area contributed by atoms with Gasteiger partial charge in [0, 0.05) is 13.1 Å². The van der Waals surface area contributed by atoms with E-state index in [2.05, 4.69) is 0 Å². The Kier molecular flexibility index (Phi) is 3.76. The lowest BCUT2D eigenvalue weighted by Crippen LogP contribution is -2.45. The number of likely N-dealkylation sites (tertiary alicyclic amines) is 1. The Hall–Kier alpha value is -1.39. The highest BCUT2D eigenvalue weighted by Gasteiger charge is 2.29. The summed E-state index contributed by atoms with van der Waals surface area (Å²) in [6.07, 6.45) is 1.13. The van der Waals surface area contributed by atoms with E-state index in [1.165, 1.54) is 0 Å². The largest absolute Gasteiger partial charge is 0.386 e. The number of carbonyl (C=O) groups excluding carboxylic acids is 1. The van der Waals surface area contributed by atoms with Gasteiger partial charge in [-0.15, -0.1) is 0 Å². The van der Waals surface area contributed by atoms with Crippen molar-refractivity contribution >= 4 is 5.91 Å². The van der Waals surface area contributed by atoms with Crippen LogP contribution < -0.4 is 5.73 Å². The second kappa shape index (κ2) is 5.29. The minimum Gasteiger partial charge on any atom is -0.386 e. The molecule has 92 valence electrons. The first-order valence-electron chi connectivity index (χ1n) is 5.97. The zero-order valence-electron chi connectivity index (χ0n) is 9.75. The molecular weight excluding hydrogens is 216 g/mol. The minimum absolute atomic E-state index is 0.154. The van der Waals surface area contributed by atoms with E-state index in [4.69, 9.17) is 5.73 Å². The average Bonchev–Trinajstić information content (AvgIpc) is 2.91. The third-order valence-corrected chi connectivity index (χ3v) is 3.18. The molecule has 1 amide bonds. The molecule has 1 aliphatic rings. The fourth-order valence-corrected chi connectivity index (χ4v) is 2.14. The molecule has 17 heavy (non-hydrogen) atoms. The maximum atomic E-state index is 12.0. The summed E-state index contributed by atoms with van der Waals surface area (Å²) in [6.45, 7) is 1.52. The fraction of sp³-hybridized carbons (Fsp3) is 0.462. The summed E-state index contributed by atoms with van der Waals surface area (Å²) in [4.78, 5) is 13.7. The highest BCUT2D eigenvalue weighted by molar-refractivity contribution is 5.82. The summed E-state index contributed by atoms with van der Waals surface area (Å²) in [5.41, 5.74) is 6.52. The van der Waals surface area contributed by atoms with E-state index in [9.17, 15) is 9.90 Å². The van der Waals surface area contributed by atoms with Gasteiger partial charge in [0.15, 0.2) is 0 Å². The molecule has 0 bridgehead atoms. The van der Waals surface area contributed by atoms with Crippen LogP contribution in [0.1, 0.15) is 24.5 Å². The number of benzene rings is 1. The summed E-state index contributed by atoms with van der Waals surface area (Å²) in [5.74, 6) is -0.154. The van der Waals surface area contributed by atoms with Crippen LogP contribution in [0, 0.1) is 0 Å². The molecule has 3 N–H and O–H groups in total. The van der Waals surface area contributed by atoms with Crippen LogP contribution in [0.5, 0.6) is 0 Å². The normalized spacial score (nSPS) is 19.1. The van der Waals surface area contributed by atoms with Crippen molar-refractivity contribution in [3.8, 4) is 0 Å². The molecule has 2 rings (SSSR count). The zero-order valence-corrected chi connectivity index (χ0v) is 9.75. The molecule has 1 aromatic rings. The van der Waals surface area contributed by atoms with E-state index < -0.39 is 12.1 Å². The van der Waals surface area contributed by atoms with Crippen LogP contribution in [0.25, 0.3) is 0 Å². The van der Waals surface area contributed by atoms with Crippen LogP contribution in [-0.4, -0.2) is 35.0 Å². The molecule has 0 spiro atoms. The number of aliphatic hydroxyl groups excluding tert-OH is 1. The molecule has 0 aromatic heterocycles. The van der Waals surface area contributed by atoms with Crippen molar-refractivity contribution in [2.45, 2.75) is 25.0 Å². The quantitative estimate of drug-likeness (QED) is 0.807. The van der Waals surface area contributed by atoms with Gasteiger partial charge in [-0.3, -0.25) is 4.79 Å². The lowest BCUT2D eigenvalue weighted by molar-refractivity contribution is -0.134. The van der Waals surface area contributed by atoms with Crippen molar-refractivity contribution in [3.63, 3.8) is 0 Å². The molecule has 1 aliphatic heterocycles. The first kappa shape index (κ1) is 12.1. The Balaban J connectivity index is 2.04. The van der Waals surface area contributed by atoms with Crippen molar-refractivity contribution in [2.75, 3.05) is 13.1 Å². The number of hydrogen-bond donors (Lipinski definition) is 2. The molecule has 4 heteroatoms. The number of aliphatic hydroxyl groups is 1. The molecule has 0 saturated carbocycles. The number of rotatable bonds is 3. The summed E-state index contributed by atoms with van der Waals surface area (Å²) in [5, 5.41) is 10.0. The molecule has 0 radical (unpaired) electrons. The lowest BCUT2D eigenvalue weighted by Gasteiger charge is -2.24. The van der Waals surface area contributed by atoms with Gasteiger partial charge in [-0.05, 0) is 18.4 Å². The molecule has 1 heterocycles. The Morgan fingerprint density at radius 1 is 1.24 bits per heavy atom. The molecular formula is C13H18N2O2. The Labute approximate surface area is 101 Å². The molecule has 1 fully saturated rings. The van der Waals surface area contributed by atoms with Crippen LogP contribution in [0.15, 0.2) is 30.3 Å². The van der Waals surface area contributed by atoms with Crippen molar-refractivity contribution in [1.29, 1.82) is 0 Å². The van der Waals surface area contributed by atoms with E-state index >= 15 is 0 Å². The van der Waals surface area contributed by atoms with Gasteiger partial charge in [0.25, 0.3) is 0 Å². The minimum atomic E-state index is -0.927. The van der Waals surface area contributed by atoms with E-state index in [1.807, 2.05) is 18.2 Å². The second-order valence-corrected chi connectivity index (χ2v) is 4.41. The molecule has 1 unspecified atom stereocenters. The number of carbonyl (C=O) groups is 1. The first-order chi connectivity index (χ1) is 8.20. The van der Waals surface area contributed by atoms with Gasteiger partial charge in [0.05, 0.1) is 0 Å². The maximum absolute atomic E-state index is 12.0. The molecule has 2 atom stereocenters. The third kappa shape index (κ3) is 2.65. The average molecular weight is 234 g/mol. The van der Waals surface area contributed by atoms with Gasteiger partial charge >= 0.3 is 0 Å². The monoisotopic (exact) mass is 234 g/mol. The van der Waals surface area contributed by atoms with Crippen LogP contribution in [0.2, 0.25) is 0 Å². The van der Waals surface area contributed by atoms with Crippen molar-refractivity contribution in [2.24, 2.45) is 5.73 Å². The first-order valence-corrected chi connectivity index (χ1v) is 5.97. The number of nitrogens with two attached hydrogens (primary N) is 1. The number of amides is 1. The zero-order chi connectivity index (χ0) is 12.3. The highest BCUT2D eigenvalue weighted by atomic mass is 16.3. The van der Waals surface area contributed by atoms with Crippen molar-refractivity contribution < 1.29 is 9.90 Å². The van der Waals surface area contributed by atoms with Crippen molar-refractivity contribution in [1.82, 2.24) is 4.90 Å². The molecule has 1 saturated heterocycles. The van der Waals surface area contributed by atoms with Crippen molar-refractivity contribution in [3.05, 3.63) is 35.9 Å². The van der Waals surface area contributed by atoms with E-state index in [0.717, 1.165) is 25.9 Å². The van der Waals surface area contributed by atoms with Gasteiger partial charge in [-0.1, -0.05) is 30.3 Å². The number of hydrogen-bond acceptors (Lipinski definition) is 3. The van der Waals surface area contributed by atoms with Gasteiger partial charge in [-0.2, -0.15) is 0 Å². The van der Waals surface area contributed by atoms with E-state index in [0.29, 0.717) is 5.56 Å². The summed E-state index contributed by atoms with van der Waals surface area (Å²) in [7, 11) is 0. The predicted octanol–water partition coefficient (Wildman–Crippen LogP) is 0.670. The van der Waals surface area contributed by atoms with Gasteiger partial charge in [-0.25, -0.2) is 0 Å². The molecule has 0 aliphatic carbocycles. The Morgan fingerprint density at radius 2 is 1.82 bits per heavy atom. The highest BCUT2D eigenvalue weighted by Crippen LogP contribution is 2.18. The summed E-state index contributed by atoms with van der Waals surface area (Å²) < 4.78 is 0. The summed E-state index contributed by atoms with van der Waals surface area (Å²) >= 11 is 0. The second-order valence-electron chi connectivity index (χ2n) is 4.41. The lowest BCUT2D eigenvalue weighted by atomic mass is 10.0. The van der Waals surface area contributed by atoms with Gasteiger partial charge < -0.3 is 15.7 Å². The fourth-order valence-electron chi connectivity index (χ4n) is 2.14. The topological polar surface area (TPSA) is 66.6 Å². The van der Waals surface area contributed by atoms with E-state index in [-0.39, 0.29) is 5.91 Å². The van der Waals surface area contributed by atoms with Gasteiger partial charge in [0.1, 0.15) is 12.1 Å².